The van der Waals surface area contributed by atoms with Crippen molar-refractivity contribution < 1.29 is 9.59 Å². The minimum atomic E-state index is -0.384. The summed E-state index contributed by atoms with van der Waals surface area (Å²) in [6.45, 7) is 1.21. The molecule has 3 aliphatic rings. The lowest BCUT2D eigenvalue weighted by Gasteiger charge is -2.41. The Balaban J connectivity index is 1.20. The van der Waals surface area contributed by atoms with E-state index in [0.717, 1.165) is 6.42 Å². The molecule has 3 N–H and O–H groups in total. The average Bonchev–Trinajstić information content (AvgIpc) is 3.29. The number of carbonyl (C=O) groups is 2. The predicted molar refractivity (Wildman–Crippen MR) is 106 cm³/mol. The van der Waals surface area contributed by atoms with Crippen molar-refractivity contribution >= 4 is 11.8 Å². The van der Waals surface area contributed by atoms with Gasteiger partial charge in [0.2, 0.25) is 5.91 Å². The highest BCUT2D eigenvalue weighted by molar-refractivity contribution is 5.96. The Morgan fingerprint density at radius 3 is 2.62 bits per heavy atom. The largest absolute Gasteiger partial charge is 0.354 e. The number of hydrogen-bond acceptors (Lipinski definition) is 4. The summed E-state index contributed by atoms with van der Waals surface area (Å²) in [4.78, 5) is 41.1. The van der Waals surface area contributed by atoms with Crippen LogP contribution in [0.1, 0.15) is 42.5 Å². The van der Waals surface area contributed by atoms with Crippen LogP contribution in [0.4, 0.5) is 0 Å². The van der Waals surface area contributed by atoms with Gasteiger partial charge in [0.25, 0.3) is 5.91 Å². The minimum absolute atomic E-state index is 0.0427. The van der Waals surface area contributed by atoms with Gasteiger partial charge >= 0.3 is 5.69 Å². The molecular weight excluding hydrogens is 370 g/mol. The fraction of sp³-hybridized carbons (Fsp3) is 0.524. The van der Waals surface area contributed by atoms with Crippen LogP contribution in [-0.4, -0.2) is 51.0 Å². The highest BCUT2D eigenvalue weighted by atomic mass is 16.2. The fourth-order valence-corrected chi connectivity index (χ4v) is 5.01. The van der Waals surface area contributed by atoms with Crippen LogP contribution in [0.15, 0.2) is 29.1 Å². The molecule has 1 aliphatic heterocycles. The van der Waals surface area contributed by atoms with E-state index < -0.39 is 0 Å². The van der Waals surface area contributed by atoms with Gasteiger partial charge in [-0.15, -0.1) is 0 Å². The van der Waals surface area contributed by atoms with Crippen molar-refractivity contribution in [2.75, 3.05) is 13.1 Å². The molecule has 2 aromatic rings. The summed E-state index contributed by atoms with van der Waals surface area (Å²) in [6, 6.07) is 7.12. The van der Waals surface area contributed by atoms with Crippen molar-refractivity contribution in [2.24, 2.45) is 17.8 Å². The van der Waals surface area contributed by atoms with Gasteiger partial charge < -0.3 is 10.2 Å². The first-order valence-electron chi connectivity index (χ1n) is 10.5. The Bertz CT molecular complexity index is 984. The lowest BCUT2D eigenvalue weighted by Crippen LogP contribution is -2.56. The zero-order valence-electron chi connectivity index (χ0n) is 16.2. The molecule has 0 bridgehead atoms. The standard InChI is InChI=1S/C21H25N5O3/c27-19(17-15-6-1-2-7-16(15)17)22-11-14-8-9-26(14)20(28)13-5-3-4-12(10-13)18-23-21(29)25-24-18/h3-5,10,14-17H,1-2,6-9,11H2,(H,22,27)(H2,23,24,25,29)/t14?,15-,16+,17?. The first kappa shape index (κ1) is 18.1. The number of aromatic amines is 2. The van der Waals surface area contributed by atoms with Gasteiger partial charge in [0.05, 0.1) is 6.04 Å². The molecule has 2 heterocycles. The Morgan fingerprint density at radius 1 is 1.17 bits per heavy atom. The van der Waals surface area contributed by atoms with E-state index in [1.807, 2.05) is 4.90 Å². The molecule has 8 heteroatoms. The summed E-state index contributed by atoms with van der Waals surface area (Å²) in [7, 11) is 0. The maximum Gasteiger partial charge on any atom is 0.340 e. The third-order valence-corrected chi connectivity index (χ3v) is 6.76. The summed E-state index contributed by atoms with van der Waals surface area (Å²) in [6.07, 6.45) is 5.78. The predicted octanol–water partition coefficient (Wildman–Crippen LogP) is 1.53. The van der Waals surface area contributed by atoms with E-state index in [4.69, 9.17) is 0 Å². The number of fused-ring (bicyclic) bond motifs is 1. The van der Waals surface area contributed by atoms with Crippen LogP contribution in [0.3, 0.4) is 0 Å². The molecule has 1 aromatic heterocycles. The highest BCUT2D eigenvalue weighted by Crippen LogP contribution is 2.55. The smallest absolute Gasteiger partial charge is 0.340 e. The van der Waals surface area contributed by atoms with E-state index in [2.05, 4.69) is 20.5 Å². The van der Waals surface area contributed by atoms with Gasteiger partial charge in [-0.1, -0.05) is 25.0 Å². The van der Waals surface area contributed by atoms with Crippen LogP contribution in [0.5, 0.6) is 0 Å². The number of carbonyl (C=O) groups excluding carboxylic acids is 2. The quantitative estimate of drug-likeness (QED) is 0.713. The summed E-state index contributed by atoms with van der Waals surface area (Å²) < 4.78 is 0. The summed E-state index contributed by atoms with van der Waals surface area (Å²) in [5.74, 6) is 1.91. The summed E-state index contributed by atoms with van der Waals surface area (Å²) in [5, 5.41) is 9.34. The molecule has 2 amide bonds. The molecule has 2 saturated carbocycles. The Morgan fingerprint density at radius 2 is 1.97 bits per heavy atom. The van der Waals surface area contributed by atoms with Crippen molar-refractivity contribution in [3.63, 3.8) is 0 Å². The number of nitrogens with one attached hydrogen (secondary N) is 3. The molecule has 1 aromatic carbocycles. The van der Waals surface area contributed by atoms with Crippen LogP contribution in [0.25, 0.3) is 11.4 Å². The van der Waals surface area contributed by atoms with Gasteiger partial charge in [-0.2, -0.15) is 5.10 Å². The number of rotatable bonds is 5. The third kappa shape index (κ3) is 3.36. The van der Waals surface area contributed by atoms with E-state index in [0.29, 0.717) is 41.9 Å². The molecule has 2 aliphatic carbocycles. The van der Waals surface area contributed by atoms with E-state index in [1.165, 1.54) is 25.7 Å². The van der Waals surface area contributed by atoms with E-state index in [-0.39, 0.29) is 29.5 Å². The maximum atomic E-state index is 12.9. The second-order valence-corrected chi connectivity index (χ2v) is 8.43. The van der Waals surface area contributed by atoms with Crippen LogP contribution in [-0.2, 0) is 4.79 Å². The van der Waals surface area contributed by atoms with Gasteiger partial charge in [0.1, 0.15) is 0 Å². The SMILES string of the molecule is O=C(NCC1CCN1C(=O)c1cccc(-c2n[nH]c(=O)[nH]2)c1)C1[C@H]2CCCC[C@@H]12. The molecule has 5 rings (SSSR count). The number of amides is 2. The van der Waals surface area contributed by atoms with Gasteiger partial charge in [-0.25, -0.2) is 9.89 Å². The third-order valence-electron chi connectivity index (χ3n) is 6.76. The monoisotopic (exact) mass is 395 g/mol. The molecule has 0 radical (unpaired) electrons. The van der Waals surface area contributed by atoms with E-state index >= 15 is 0 Å². The van der Waals surface area contributed by atoms with Gasteiger partial charge in [0.15, 0.2) is 5.82 Å². The van der Waals surface area contributed by atoms with E-state index in [9.17, 15) is 14.4 Å². The molecule has 0 spiro atoms. The molecule has 1 saturated heterocycles. The second-order valence-electron chi connectivity index (χ2n) is 8.43. The summed E-state index contributed by atoms with van der Waals surface area (Å²) >= 11 is 0. The number of H-pyrrole nitrogens is 2. The molecule has 4 atom stereocenters. The lowest BCUT2D eigenvalue weighted by atomic mass is 10.00. The first-order chi connectivity index (χ1) is 14.1. The molecule has 2 unspecified atom stereocenters. The minimum Gasteiger partial charge on any atom is -0.354 e. The molecule has 3 fully saturated rings. The Hall–Kier alpha value is -2.90. The normalized spacial score (nSPS) is 27.7. The fourth-order valence-electron chi connectivity index (χ4n) is 5.01. The molecule has 8 nitrogen and oxygen atoms in total. The molecule has 29 heavy (non-hydrogen) atoms. The number of nitrogens with zero attached hydrogens (tertiary/aromatic N) is 2. The molecule has 152 valence electrons. The van der Waals surface area contributed by atoms with Crippen LogP contribution in [0, 0.1) is 17.8 Å². The van der Waals surface area contributed by atoms with Gasteiger partial charge in [-0.05, 0) is 43.2 Å². The van der Waals surface area contributed by atoms with Gasteiger partial charge in [0, 0.05) is 30.1 Å². The highest BCUT2D eigenvalue weighted by Gasteiger charge is 2.54. The van der Waals surface area contributed by atoms with Crippen LogP contribution in [0.2, 0.25) is 0 Å². The zero-order chi connectivity index (χ0) is 20.0. The number of likely N-dealkylation sites (tertiary alicyclic amines) is 1. The van der Waals surface area contributed by atoms with Crippen molar-refractivity contribution in [2.45, 2.75) is 38.1 Å². The van der Waals surface area contributed by atoms with Crippen LogP contribution < -0.4 is 11.0 Å². The second kappa shape index (κ2) is 7.17. The average molecular weight is 395 g/mol. The maximum absolute atomic E-state index is 12.9. The number of aromatic nitrogens is 3. The van der Waals surface area contributed by atoms with Crippen molar-refractivity contribution in [3.05, 3.63) is 40.3 Å². The van der Waals surface area contributed by atoms with Gasteiger partial charge in [-0.3, -0.25) is 14.6 Å². The first-order valence-corrected chi connectivity index (χ1v) is 10.5. The Kier molecular flexibility index (Phi) is 4.49. The summed E-state index contributed by atoms with van der Waals surface area (Å²) in [5.41, 5.74) is 0.845. The van der Waals surface area contributed by atoms with E-state index in [1.54, 1.807) is 24.3 Å². The number of hydrogen-bond donors (Lipinski definition) is 3. The number of benzene rings is 1. The topological polar surface area (TPSA) is 111 Å². The van der Waals surface area contributed by atoms with Crippen molar-refractivity contribution in [1.29, 1.82) is 0 Å². The Labute approximate surface area is 168 Å². The van der Waals surface area contributed by atoms with Crippen molar-refractivity contribution in [3.8, 4) is 11.4 Å². The lowest BCUT2D eigenvalue weighted by molar-refractivity contribution is -0.123. The zero-order valence-corrected chi connectivity index (χ0v) is 16.2. The van der Waals surface area contributed by atoms with Crippen LogP contribution >= 0.6 is 0 Å². The van der Waals surface area contributed by atoms with Crippen molar-refractivity contribution in [1.82, 2.24) is 25.4 Å². The molecular formula is C21H25N5O3.